The smallest absolute Gasteiger partial charge is 0.459 e. The molecule has 3 heterocycles. The van der Waals surface area contributed by atoms with Gasteiger partial charge in [0, 0.05) is 5.39 Å². The number of carbonyl (C=O) groups excluding carboxylic acids is 1. The maximum Gasteiger partial charge on any atom is 0.459 e. The van der Waals surface area contributed by atoms with Crippen molar-refractivity contribution < 1.29 is 46.2 Å². The Hall–Kier alpha value is -4.02. The Kier molecular flexibility index (Phi) is 8.92. The normalized spacial score (nSPS) is 23.9. The quantitative estimate of drug-likeness (QED) is 0.137. The number of hydrogen-bond donors (Lipinski definition) is 4. The second-order valence-electron chi connectivity index (χ2n) is 10.6. The molecule has 0 radical (unpaired) electrons. The number of aliphatic hydroxyl groups excluding tert-OH is 1. The number of esters is 1. The monoisotopic (exact) mass is 654 g/mol. The summed E-state index contributed by atoms with van der Waals surface area (Å²) < 4.78 is 81.8. The number of aliphatic hydroxyl groups is 1. The number of aromatic amines is 1. The third-order valence-corrected chi connectivity index (χ3v) is 8.60. The standard InChI is InChI=1S/C27H30F3N6O8P/c1-13(2)42-24(39)14(3)35-45(40,44-17-10-6-8-15-7-4-5-9-16(15)17)41-11-27(25(29)30)20(37)18(28)23(43-27)36-12-32-19-21(36)33-26(31)34-22(19)38/h4-10,12-14,18,20,23,25,37H,11H2,1-3H3,(H,35,40)(H3,31,33,34,38)/t14-,18+,20-,23+,27+,45?/m0/s1. The highest BCUT2D eigenvalue weighted by atomic mass is 31.2. The summed E-state index contributed by atoms with van der Waals surface area (Å²) in [7, 11) is -4.80. The van der Waals surface area contributed by atoms with Crippen LogP contribution in [0.3, 0.4) is 0 Å². The molecular weight excluding hydrogens is 624 g/mol. The topological polar surface area (TPSA) is 193 Å². The number of halogens is 3. The summed E-state index contributed by atoms with van der Waals surface area (Å²) in [4.78, 5) is 34.6. The van der Waals surface area contributed by atoms with E-state index in [2.05, 4.69) is 20.0 Å². The summed E-state index contributed by atoms with van der Waals surface area (Å²) in [6.45, 7) is 3.08. The SMILES string of the molecule is CC(C)OC(=O)[C@H](C)NP(=O)(OC[C@@]1(C(F)F)O[C@@H](n2cnc3c(=O)[nH]c(N)nc32)[C@H](F)[C@@H]1O)Oc1cccc2ccccc12. The lowest BCUT2D eigenvalue weighted by molar-refractivity contribution is -0.191. The van der Waals surface area contributed by atoms with Crippen molar-refractivity contribution in [1.82, 2.24) is 24.6 Å². The van der Waals surface area contributed by atoms with Gasteiger partial charge in [0.1, 0.15) is 17.9 Å². The number of nitrogens with two attached hydrogens (primary N) is 1. The van der Waals surface area contributed by atoms with Crippen LogP contribution in [0.15, 0.2) is 53.6 Å². The van der Waals surface area contributed by atoms with E-state index in [1.807, 2.05) is 0 Å². The number of aromatic nitrogens is 4. The fourth-order valence-electron chi connectivity index (χ4n) is 4.79. The summed E-state index contributed by atoms with van der Waals surface area (Å²) in [6.07, 6.45) is -10.3. The molecule has 2 aromatic carbocycles. The molecule has 0 saturated carbocycles. The summed E-state index contributed by atoms with van der Waals surface area (Å²) >= 11 is 0. The van der Waals surface area contributed by atoms with E-state index in [1.165, 1.54) is 13.0 Å². The highest BCUT2D eigenvalue weighted by Gasteiger charge is 2.62. The first kappa shape index (κ1) is 32.4. The molecule has 1 aliphatic heterocycles. The number of imidazole rings is 1. The number of rotatable bonds is 11. The van der Waals surface area contributed by atoms with E-state index in [-0.39, 0.29) is 22.9 Å². The summed E-state index contributed by atoms with van der Waals surface area (Å²) in [5.74, 6) is -1.21. The van der Waals surface area contributed by atoms with Gasteiger partial charge in [-0.2, -0.15) is 10.1 Å². The molecular formula is C27H30F3N6O8P. The molecule has 5 rings (SSSR count). The molecule has 1 saturated heterocycles. The molecule has 1 aliphatic rings. The van der Waals surface area contributed by atoms with E-state index >= 15 is 4.39 Å². The highest BCUT2D eigenvalue weighted by Crippen LogP contribution is 2.51. The minimum Gasteiger partial charge on any atom is -0.462 e. The molecule has 2 aromatic heterocycles. The van der Waals surface area contributed by atoms with Gasteiger partial charge in [0.05, 0.1) is 19.0 Å². The molecule has 5 N–H and O–H groups in total. The molecule has 1 unspecified atom stereocenters. The van der Waals surface area contributed by atoms with E-state index in [0.29, 0.717) is 10.8 Å². The van der Waals surface area contributed by atoms with Crippen molar-refractivity contribution in [3.05, 3.63) is 59.1 Å². The molecule has 0 amide bonds. The van der Waals surface area contributed by atoms with E-state index < -0.39 is 68.6 Å². The van der Waals surface area contributed by atoms with E-state index in [4.69, 9.17) is 24.3 Å². The van der Waals surface area contributed by atoms with Crippen LogP contribution in [0.4, 0.5) is 19.1 Å². The third-order valence-electron chi connectivity index (χ3n) is 6.99. The number of H-pyrrole nitrogens is 1. The number of nitrogens with one attached hydrogen (secondary N) is 2. The lowest BCUT2D eigenvalue weighted by atomic mass is 9.97. The van der Waals surface area contributed by atoms with Crippen molar-refractivity contribution in [3.63, 3.8) is 0 Å². The van der Waals surface area contributed by atoms with Crippen molar-refractivity contribution in [2.45, 2.75) is 63.4 Å². The average Bonchev–Trinajstić information content (AvgIpc) is 3.51. The van der Waals surface area contributed by atoms with Crippen LogP contribution in [0.2, 0.25) is 0 Å². The predicted octanol–water partition coefficient (Wildman–Crippen LogP) is 3.22. The molecule has 14 nitrogen and oxygen atoms in total. The molecule has 18 heteroatoms. The summed E-state index contributed by atoms with van der Waals surface area (Å²) in [5, 5.41) is 14.3. The Morgan fingerprint density at radius 2 is 1.96 bits per heavy atom. The average molecular weight is 655 g/mol. The Bertz CT molecular complexity index is 1820. The Balaban J connectivity index is 1.48. The number of carbonyl (C=O) groups is 1. The summed E-state index contributed by atoms with van der Waals surface area (Å²) in [6, 6.07) is 10.3. The Labute approximate surface area is 253 Å². The maximum atomic E-state index is 15.6. The molecule has 1 fully saturated rings. The second-order valence-corrected chi connectivity index (χ2v) is 12.3. The Morgan fingerprint density at radius 3 is 2.67 bits per heavy atom. The van der Waals surface area contributed by atoms with Gasteiger partial charge in [0.2, 0.25) is 5.95 Å². The molecule has 242 valence electrons. The van der Waals surface area contributed by atoms with Gasteiger partial charge in [-0.05, 0) is 32.2 Å². The molecule has 6 atom stereocenters. The van der Waals surface area contributed by atoms with Crippen molar-refractivity contribution in [2.24, 2.45) is 0 Å². The van der Waals surface area contributed by atoms with Gasteiger partial charge in [-0.1, -0.05) is 36.4 Å². The number of alkyl halides is 3. The van der Waals surface area contributed by atoms with Crippen LogP contribution >= 0.6 is 7.75 Å². The molecule has 0 aliphatic carbocycles. The number of fused-ring (bicyclic) bond motifs is 2. The van der Waals surface area contributed by atoms with E-state index in [9.17, 15) is 28.0 Å². The minimum absolute atomic E-state index is 0.00682. The van der Waals surface area contributed by atoms with Gasteiger partial charge in [-0.15, -0.1) is 0 Å². The van der Waals surface area contributed by atoms with Crippen LogP contribution < -0.4 is 20.9 Å². The third kappa shape index (κ3) is 6.26. The molecule has 45 heavy (non-hydrogen) atoms. The van der Waals surface area contributed by atoms with Gasteiger partial charge in [-0.25, -0.2) is 22.7 Å². The number of ether oxygens (including phenoxy) is 2. The van der Waals surface area contributed by atoms with Gasteiger partial charge >= 0.3 is 13.7 Å². The zero-order valence-electron chi connectivity index (χ0n) is 24.1. The van der Waals surface area contributed by atoms with E-state index in [0.717, 1.165) is 10.9 Å². The van der Waals surface area contributed by atoms with Gasteiger partial charge < -0.3 is 24.8 Å². The van der Waals surface area contributed by atoms with Gasteiger partial charge in [0.25, 0.3) is 12.0 Å². The first-order valence-corrected chi connectivity index (χ1v) is 15.2. The number of nitrogen functional groups attached to an aromatic ring is 1. The highest BCUT2D eigenvalue weighted by molar-refractivity contribution is 7.52. The number of benzene rings is 2. The van der Waals surface area contributed by atoms with Crippen LogP contribution in [-0.2, 0) is 23.4 Å². The van der Waals surface area contributed by atoms with Crippen LogP contribution in [0.25, 0.3) is 21.9 Å². The van der Waals surface area contributed by atoms with E-state index in [1.54, 1.807) is 50.2 Å². The number of hydrogen-bond acceptors (Lipinski definition) is 11. The maximum absolute atomic E-state index is 15.6. The number of anilines is 1. The molecule has 0 spiro atoms. The lowest BCUT2D eigenvalue weighted by Gasteiger charge is -2.32. The zero-order chi connectivity index (χ0) is 32.7. The first-order valence-electron chi connectivity index (χ1n) is 13.7. The van der Waals surface area contributed by atoms with Crippen molar-refractivity contribution in [2.75, 3.05) is 12.3 Å². The predicted molar refractivity (Wildman–Crippen MR) is 154 cm³/mol. The largest absolute Gasteiger partial charge is 0.462 e. The van der Waals surface area contributed by atoms with Crippen LogP contribution in [0.1, 0.15) is 27.0 Å². The van der Waals surface area contributed by atoms with Crippen LogP contribution in [-0.4, -0.2) is 73.6 Å². The molecule has 0 bridgehead atoms. The fourth-order valence-corrected chi connectivity index (χ4v) is 6.34. The minimum atomic E-state index is -4.80. The van der Waals surface area contributed by atoms with Crippen molar-refractivity contribution in [1.29, 1.82) is 0 Å². The lowest BCUT2D eigenvalue weighted by Crippen LogP contribution is -2.52. The second kappa shape index (κ2) is 12.4. The van der Waals surface area contributed by atoms with Crippen LogP contribution in [0.5, 0.6) is 5.75 Å². The van der Waals surface area contributed by atoms with Crippen LogP contribution in [0, 0.1) is 0 Å². The van der Waals surface area contributed by atoms with Crippen molar-refractivity contribution >= 4 is 41.6 Å². The molecule has 4 aromatic rings. The summed E-state index contributed by atoms with van der Waals surface area (Å²) in [5.41, 5.74) is 1.09. The van der Waals surface area contributed by atoms with Gasteiger partial charge in [-0.3, -0.25) is 23.7 Å². The Morgan fingerprint density at radius 1 is 1.24 bits per heavy atom. The van der Waals surface area contributed by atoms with Gasteiger partial charge in [0.15, 0.2) is 29.2 Å². The first-order chi connectivity index (χ1) is 21.2. The fraction of sp³-hybridized carbons (Fsp3) is 0.407. The van der Waals surface area contributed by atoms with Crippen molar-refractivity contribution in [3.8, 4) is 5.75 Å². The zero-order valence-corrected chi connectivity index (χ0v) is 25.0. The number of nitrogens with zero attached hydrogens (tertiary/aromatic N) is 3.